The number of carbonyl (C=O) groups excluding carboxylic acids is 1. The lowest BCUT2D eigenvalue weighted by molar-refractivity contribution is -0.134. The van der Waals surface area contributed by atoms with Crippen molar-refractivity contribution in [3.8, 4) is 5.75 Å². The summed E-state index contributed by atoms with van der Waals surface area (Å²) < 4.78 is 20.1. The van der Waals surface area contributed by atoms with Crippen LogP contribution in [0.2, 0.25) is 0 Å². The Bertz CT molecular complexity index is 767. The summed E-state index contributed by atoms with van der Waals surface area (Å²) in [5.41, 5.74) is 0.735. The topological polar surface area (TPSA) is 26.3 Å². The maximum Gasteiger partial charge on any atom is 0.311 e. The Morgan fingerprint density at radius 1 is 0.811 bits per heavy atom. The molecule has 1 aromatic carbocycles. The van der Waals surface area contributed by atoms with Crippen molar-refractivity contribution in [1.29, 1.82) is 0 Å². The standard InChI is InChI=1S/C34H55FO2/c1-3-5-7-8-9-11-15-30-22-23-32(26-33(30)35)37-34(36)24-19-28-14-12-16-31(25-28)29-20-17-27(18-21-29)13-10-6-4-2/h22-23,26-29,31H,3-21,24-25H2,1-2H3/t27-,28?,29-,31-/m0/s1. The summed E-state index contributed by atoms with van der Waals surface area (Å²) >= 11 is 0. The molecule has 2 aliphatic carbocycles. The van der Waals surface area contributed by atoms with Crippen molar-refractivity contribution in [2.75, 3.05) is 0 Å². The third kappa shape index (κ3) is 11.1. The van der Waals surface area contributed by atoms with Crippen molar-refractivity contribution in [3.05, 3.63) is 29.6 Å². The number of aryl methyl sites for hydroxylation is 1. The maximum absolute atomic E-state index is 14.5. The molecule has 2 fully saturated rings. The molecular formula is C34H55FO2. The van der Waals surface area contributed by atoms with Crippen LogP contribution < -0.4 is 4.74 Å². The first kappa shape index (κ1) is 30.2. The summed E-state index contributed by atoms with van der Waals surface area (Å²) in [4.78, 5) is 12.5. The van der Waals surface area contributed by atoms with Crippen LogP contribution >= 0.6 is 0 Å². The molecule has 2 nitrogen and oxygen atoms in total. The number of unbranched alkanes of at least 4 members (excludes halogenated alkanes) is 7. The Labute approximate surface area is 227 Å². The zero-order valence-electron chi connectivity index (χ0n) is 24.1. The lowest BCUT2D eigenvalue weighted by Gasteiger charge is -2.38. The lowest BCUT2D eigenvalue weighted by Crippen LogP contribution is -2.27. The van der Waals surface area contributed by atoms with Crippen molar-refractivity contribution < 1.29 is 13.9 Å². The summed E-state index contributed by atoms with van der Waals surface area (Å²) in [6, 6.07) is 4.97. The van der Waals surface area contributed by atoms with Crippen LogP contribution in [-0.2, 0) is 11.2 Å². The fraction of sp³-hybridized carbons (Fsp3) is 0.794. The molecule has 3 rings (SSSR count). The maximum atomic E-state index is 14.5. The van der Waals surface area contributed by atoms with Crippen LogP contribution in [0.15, 0.2) is 18.2 Å². The number of hydrogen-bond acceptors (Lipinski definition) is 2. The lowest BCUT2D eigenvalue weighted by atomic mass is 9.67. The van der Waals surface area contributed by atoms with Gasteiger partial charge in [0.1, 0.15) is 11.6 Å². The molecule has 0 aromatic heterocycles. The van der Waals surface area contributed by atoms with Crippen LogP contribution in [0, 0.1) is 29.5 Å². The summed E-state index contributed by atoms with van der Waals surface area (Å²) in [6.45, 7) is 4.52. The van der Waals surface area contributed by atoms with Gasteiger partial charge in [-0.05, 0) is 73.8 Å². The highest BCUT2D eigenvalue weighted by Crippen LogP contribution is 2.43. The van der Waals surface area contributed by atoms with E-state index in [-0.39, 0.29) is 11.8 Å². The Morgan fingerprint density at radius 2 is 1.54 bits per heavy atom. The van der Waals surface area contributed by atoms with Crippen LogP contribution in [0.1, 0.15) is 148 Å². The quantitative estimate of drug-likeness (QED) is 0.125. The zero-order chi connectivity index (χ0) is 26.3. The monoisotopic (exact) mass is 514 g/mol. The first-order valence-corrected chi connectivity index (χ1v) is 16.1. The summed E-state index contributed by atoms with van der Waals surface area (Å²) in [5, 5.41) is 0. The number of esters is 1. The van der Waals surface area contributed by atoms with Crippen molar-refractivity contribution in [2.24, 2.45) is 23.7 Å². The molecule has 0 heterocycles. The SMILES string of the molecule is CCCCCCCCc1ccc(OC(=O)CCC2CCC[C@H]([C@H]3CC[C@H](CCCCC)CC3)C2)cc1F. The van der Waals surface area contributed by atoms with E-state index in [1.54, 1.807) is 12.1 Å². The van der Waals surface area contributed by atoms with Crippen LogP contribution in [-0.4, -0.2) is 5.97 Å². The van der Waals surface area contributed by atoms with E-state index in [0.29, 0.717) is 18.1 Å². The first-order chi connectivity index (χ1) is 18.1. The molecule has 0 amide bonds. The van der Waals surface area contributed by atoms with E-state index in [1.165, 1.54) is 109 Å². The molecule has 0 radical (unpaired) electrons. The molecule has 1 aromatic rings. The molecule has 1 unspecified atom stereocenters. The van der Waals surface area contributed by atoms with Gasteiger partial charge in [-0.2, -0.15) is 0 Å². The minimum atomic E-state index is -0.242. The van der Waals surface area contributed by atoms with E-state index < -0.39 is 0 Å². The Balaban J connectivity index is 1.33. The zero-order valence-corrected chi connectivity index (χ0v) is 24.1. The summed E-state index contributed by atoms with van der Waals surface area (Å²) in [6.07, 6.45) is 25.9. The van der Waals surface area contributed by atoms with Crippen molar-refractivity contribution >= 4 is 5.97 Å². The third-order valence-electron chi connectivity index (χ3n) is 9.41. The summed E-state index contributed by atoms with van der Waals surface area (Å²) in [5.74, 6) is 3.30. The van der Waals surface area contributed by atoms with E-state index in [2.05, 4.69) is 13.8 Å². The third-order valence-corrected chi connectivity index (χ3v) is 9.41. The molecule has 0 aliphatic heterocycles. The van der Waals surface area contributed by atoms with E-state index in [9.17, 15) is 9.18 Å². The van der Waals surface area contributed by atoms with Gasteiger partial charge < -0.3 is 4.74 Å². The largest absolute Gasteiger partial charge is 0.426 e. The molecule has 2 aliphatic rings. The van der Waals surface area contributed by atoms with Gasteiger partial charge in [0.2, 0.25) is 0 Å². The minimum Gasteiger partial charge on any atom is -0.426 e. The second-order valence-corrected chi connectivity index (χ2v) is 12.4. The van der Waals surface area contributed by atoms with Crippen molar-refractivity contribution in [2.45, 2.75) is 149 Å². The molecule has 0 N–H and O–H groups in total. The van der Waals surface area contributed by atoms with Crippen LogP contribution in [0.25, 0.3) is 0 Å². The molecule has 3 heteroatoms. The van der Waals surface area contributed by atoms with Gasteiger partial charge in [0.15, 0.2) is 0 Å². The van der Waals surface area contributed by atoms with Crippen LogP contribution in [0.5, 0.6) is 5.75 Å². The van der Waals surface area contributed by atoms with Gasteiger partial charge in [0.05, 0.1) is 0 Å². The Morgan fingerprint density at radius 3 is 2.30 bits per heavy atom. The molecule has 210 valence electrons. The summed E-state index contributed by atoms with van der Waals surface area (Å²) in [7, 11) is 0. The second kappa shape index (κ2) is 17.3. The molecule has 0 saturated heterocycles. The van der Waals surface area contributed by atoms with Gasteiger partial charge in [-0.25, -0.2) is 4.39 Å². The molecule has 2 atom stereocenters. The first-order valence-electron chi connectivity index (χ1n) is 16.1. The average Bonchev–Trinajstić information content (AvgIpc) is 2.91. The number of rotatable bonds is 16. The molecule has 0 bridgehead atoms. The molecule has 37 heavy (non-hydrogen) atoms. The fourth-order valence-electron chi connectivity index (χ4n) is 7.05. The van der Waals surface area contributed by atoms with Crippen LogP contribution in [0.4, 0.5) is 4.39 Å². The Kier molecular flexibility index (Phi) is 14.1. The van der Waals surface area contributed by atoms with Gasteiger partial charge in [-0.15, -0.1) is 0 Å². The van der Waals surface area contributed by atoms with Gasteiger partial charge >= 0.3 is 5.97 Å². The predicted octanol–water partition coefficient (Wildman–Crippen LogP) is 10.6. The highest BCUT2D eigenvalue weighted by Gasteiger charge is 2.31. The molecular weight excluding hydrogens is 459 g/mol. The Hall–Kier alpha value is -1.38. The molecule has 0 spiro atoms. The predicted molar refractivity (Wildman–Crippen MR) is 153 cm³/mol. The van der Waals surface area contributed by atoms with E-state index in [0.717, 1.165) is 49.0 Å². The van der Waals surface area contributed by atoms with E-state index >= 15 is 0 Å². The van der Waals surface area contributed by atoms with E-state index in [1.807, 2.05) is 0 Å². The molecule has 2 saturated carbocycles. The van der Waals surface area contributed by atoms with Gasteiger partial charge in [0.25, 0.3) is 0 Å². The highest BCUT2D eigenvalue weighted by atomic mass is 19.1. The number of hydrogen-bond donors (Lipinski definition) is 0. The second-order valence-electron chi connectivity index (χ2n) is 12.4. The number of carbonyl (C=O) groups is 1. The smallest absolute Gasteiger partial charge is 0.311 e. The fourth-order valence-corrected chi connectivity index (χ4v) is 7.05. The normalized spacial score (nSPS) is 24.2. The number of benzene rings is 1. The van der Waals surface area contributed by atoms with E-state index in [4.69, 9.17) is 4.74 Å². The van der Waals surface area contributed by atoms with Crippen molar-refractivity contribution in [3.63, 3.8) is 0 Å². The van der Waals surface area contributed by atoms with Crippen LogP contribution in [0.3, 0.4) is 0 Å². The van der Waals surface area contributed by atoms with Gasteiger partial charge in [-0.1, -0.05) is 110 Å². The highest BCUT2D eigenvalue weighted by molar-refractivity contribution is 5.72. The van der Waals surface area contributed by atoms with Gasteiger partial charge in [-0.3, -0.25) is 4.79 Å². The minimum absolute atomic E-state index is 0.210. The number of ether oxygens (including phenoxy) is 1. The van der Waals surface area contributed by atoms with Gasteiger partial charge in [0, 0.05) is 12.5 Å². The average molecular weight is 515 g/mol. The number of halogens is 1. The van der Waals surface area contributed by atoms with Crippen molar-refractivity contribution in [1.82, 2.24) is 0 Å².